The average molecular weight is 495 g/mol. The number of carbonyl (C=O) groups is 3. The second kappa shape index (κ2) is 9.10. The van der Waals surface area contributed by atoms with E-state index in [1.807, 2.05) is 0 Å². The van der Waals surface area contributed by atoms with Crippen LogP contribution in [-0.4, -0.2) is 58.5 Å². The van der Waals surface area contributed by atoms with Gasteiger partial charge in [-0.05, 0) is 49.1 Å². The average Bonchev–Trinajstić information content (AvgIpc) is 3.15. The zero-order valence-electron chi connectivity index (χ0n) is 19.6. The zero-order valence-corrected chi connectivity index (χ0v) is 19.6. The molecular formula is C24H25N5O7. The van der Waals surface area contributed by atoms with Crippen LogP contribution in [-0.2, 0) is 16.1 Å². The van der Waals surface area contributed by atoms with Crippen LogP contribution in [0.15, 0.2) is 41.2 Å². The van der Waals surface area contributed by atoms with Crippen LogP contribution < -0.4 is 20.5 Å². The van der Waals surface area contributed by atoms with Crippen LogP contribution in [0.25, 0.3) is 0 Å². The Morgan fingerprint density at radius 3 is 2.56 bits per heavy atom. The van der Waals surface area contributed by atoms with Gasteiger partial charge in [0.2, 0.25) is 5.91 Å². The van der Waals surface area contributed by atoms with Crippen molar-refractivity contribution in [3.05, 3.63) is 62.6 Å². The number of anilines is 1. The summed E-state index contributed by atoms with van der Waals surface area (Å²) < 4.78 is 6.58. The molecule has 0 aliphatic carbocycles. The highest BCUT2D eigenvalue weighted by molar-refractivity contribution is 6.21. The highest BCUT2D eigenvalue weighted by atomic mass is 16.6. The number of methoxy groups -OCH3 is 1. The van der Waals surface area contributed by atoms with Crippen molar-refractivity contribution in [1.29, 1.82) is 0 Å². The Morgan fingerprint density at radius 1 is 1.11 bits per heavy atom. The van der Waals surface area contributed by atoms with Crippen LogP contribution in [0.3, 0.4) is 0 Å². The molecule has 4 heterocycles. The molecule has 12 nitrogen and oxygen atoms in total. The van der Waals surface area contributed by atoms with Crippen LogP contribution in [0.4, 0.5) is 16.2 Å². The number of amides is 4. The topological polar surface area (TPSA) is 144 Å². The lowest BCUT2D eigenvalue weighted by Gasteiger charge is -2.42. The predicted molar refractivity (Wildman–Crippen MR) is 127 cm³/mol. The molecule has 1 N–H and O–H groups in total. The lowest BCUT2D eigenvalue weighted by molar-refractivity contribution is -0.386. The molecule has 188 valence electrons. The summed E-state index contributed by atoms with van der Waals surface area (Å²) in [5.74, 6) is -0.0210. The molecule has 1 aromatic heterocycles. The summed E-state index contributed by atoms with van der Waals surface area (Å²) >= 11 is 0. The fourth-order valence-electron chi connectivity index (χ4n) is 5.41. The molecule has 36 heavy (non-hydrogen) atoms. The highest BCUT2D eigenvalue weighted by Gasteiger charge is 2.41. The van der Waals surface area contributed by atoms with Gasteiger partial charge in [-0.3, -0.25) is 24.5 Å². The largest absolute Gasteiger partial charge is 0.497 e. The number of nitrogens with one attached hydrogen (secondary N) is 1. The number of ether oxygens (including phenoxy) is 1. The number of hydrogen-bond donors (Lipinski definition) is 1. The zero-order chi connectivity index (χ0) is 25.6. The van der Waals surface area contributed by atoms with Crippen molar-refractivity contribution in [2.45, 2.75) is 37.8 Å². The first-order valence-corrected chi connectivity index (χ1v) is 11.7. The van der Waals surface area contributed by atoms with Crippen LogP contribution in [0.1, 0.15) is 30.9 Å². The van der Waals surface area contributed by atoms with Crippen molar-refractivity contribution in [3.8, 4) is 5.75 Å². The van der Waals surface area contributed by atoms with Gasteiger partial charge >= 0.3 is 17.3 Å². The van der Waals surface area contributed by atoms with E-state index in [9.17, 15) is 29.3 Å². The molecule has 4 amide bonds. The molecule has 3 atom stereocenters. The Kier molecular flexibility index (Phi) is 5.94. The molecule has 1 unspecified atom stereocenters. The molecule has 2 saturated heterocycles. The van der Waals surface area contributed by atoms with Gasteiger partial charge < -0.3 is 19.5 Å². The first-order chi connectivity index (χ1) is 17.3. The molecule has 2 fully saturated rings. The van der Waals surface area contributed by atoms with Gasteiger partial charge in [0.25, 0.3) is 5.91 Å². The minimum Gasteiger partial charge on any atom is -0.497 e. The first kappa shape index (κ1) is 23.5. The van der Waals surface area contributed by atoms with Crippen LogP contribution in [0.5, 0.6) is 5.75 Å². The second-order valence-corrected chi connectivity index (χ2v) is 9.33. The van der Waals surface area contributed by atoms with Crippen molar-refractivity contribution in [2.75, 3.05) is 25.1 Å². The summed E-state index contributed by atoms with van der Waals surface area (Å²) in [4.78, 5) is 64.1. The standard InChI is InChI=1S/C24H25N5O7/c1-36-17-4-2-16(3-5-17)28-22(31)18(25-24(28)33)6-9-21(30)26-11-14-10-15(13-26)19-7-8-20(29(34)35)23(32)27(19)12-14/h2-5,7-8,14-15,18H,6,9-13H2,1H3,(H,25,33)/t14-,15+,18?/m1/s1. The number of pyridine rings is 1. The predicted octanol–water partition coefficient (Wildman–Crippen LogP) is 1.62. The van der Waals surface area contributed by atoms with Gasteiger partial charge in [-0.15, -0.1) is 0 Å². The minimum absolute atomic E-state index is 0.0123. The Bertz CT molecular complexity index is 1300. The number of likely N-dealkylation sites (tertiary alicyclic amines) is 1. The number of hydrogen-bond acceptors (Lipinski definition) is 7. The maximum Gasteiger partial charge on any atom is 0.334 e. The Labute approximate surface area is 205 Å². The molecule has 3 aliphatic heterocycles. The highest BCUT2D eigenvalue weighted by Crippen LogP contribution is 2.36. The number of carbonyl (C=O) groups excluding carboxylic acids is 3. The van der Waals surface area contributed by atoms with Gasteiger partial charge in [-0.25, -0.2) is 9.69 Å². The van der Waals surface area contributed by atoms with Gasteiger partial charge in [0.05, 0.1) is 17.7 Å². The summed E-state index contributed by atoms with van der Waals surface area (Å²) in [5, 5.41) is 13.8. The number of piperidine rings is 1. The normalized spacial score (nSPS) is 22.8. The van der Waals surface area contributed by atoms with E-state index in [2.05, 4.69) is 5.32 Å². The lowest BCUT2D eigenvalue weighted by Crippen LogP contribution is -2.49. The van der Waals surface area contributed by atoms with Crippen molar-refractivity contribution >= 4 is 29.2 Å². The molecule has 2 bridgehead atoms. The number of imide groups is 1. The first-order valence-electron chi connectivity index (χ1n) is 11.7. The van der Waals surface area contributed by atoms with E-state index >= 15 is 0 Å². The van der Waals surface area contributed by atoms with E-state index in [1.54, 1.807) is 35.2 Å². The van der Waals surface area contributed by atoms with E-state index in [-0.39, 0.29) is 30.6 Å². The molecule has 0 saturated carbocycles. The molecule has 0 spiro atoms. The van der Waals surface area contributed by atoms with Gasteiger partial charge in [0, 0.05) is 43.7 Å². The lowest BCUT2D eigenvalue weighted by atomic mass is 9.83. The summed E-state index contributed by atoms with van der Waals surface area (Å²) in [6.45, 7) is 1.16. The van der Waals surface area contributed by atoms with E-state index in [4.69, 9.17) is 4.74 Å². The smallest absolute Gasteiger partial charge is 0.334 e. The third-order valence-corrected chi connectivity index (χ3v) is 7.13. The summed E-state index contributed by atoms with van der Waals surface area (Å²) in [6, 6.07) is 8.06. The summed E-state index contributed by atoms with van der Waals surface area (Å²) in [7, 11) is 1.52. The van der Waals surface area contributed by atoms with Gasteiger partial charge in [-0.1, -0.05) is 0 Å². The van der Waals surface area contributed by atoms with Gasteiger partial charge in [0.1, 0.15) is 11.8 Å². The number of urea groups is 1. The summed E-state index contributed by atoms with van der Waals surface area (Å²) in [6.07, 6.45) is 1.05. The third kappa shape index (κ3) is 4.08. The van der Waals surface area contributed by atoms with Crippen LogP contribution >= 0.6 is 0 Å². The molecular weight excluding hydrogens is 470 g/mol. The Balaban J connectivity index is 1.23. The second-order valence-electron chi connectivity index (χ2n) is 9.33. The van der Waals surface area contributed by atoms with Crippen molar-refractivity contribution in [3.63, 3.8) is 0 Å². The molecule has 0 radical (unpaired) electrons. The maximum absolute atomic E-state index is 13.0. The number of nitro groups is 1. The fraction of sp³-hybridized carbons (Fsp3) is 0.417. The summed E-state index contributed by atoms with van der Waals surface area (Å²) in [5.41, 5.74) is 0.0698. The fourth-order valence-corrected chi connectivity index (χ4v) is 5.41. The van der Waals surface area contributed by atoms with Crippen molar-refractivity contribution < 1.29 is 24.0 Å². The molecule has 12 heteroatoms. The minimum atomic E-state index is -0.798. The number of aromatic nitrogens is 1. The number of rotatable bonds is 6. The Hall–Kier alpha value is -4.22. The number of fused-ring (bicyclic) bond motifs is 4. The van der Waals surface area contributed by atoms with Crippen molar-refractivity contribution in [1.82, 2.24) is 14.8 Å². The van der Waals surface area contributed by atoms with Crippen LogP contribution in [0.2, 0.25) is 0 Å². The maximum atomic E-state index is 13.0. The van der Waals surface area contributed by atoms with Gasteiger partial charge in [0.15, 0.2) is 0 Å². The van der Waals surface area contributed by atoms with E-state index in [0.29, 0.717) is 36.8 Å². The number of benzene rings is 1. The SMILES string of the molecule is COc1ccc(N2C(=O)NC(CCC(=O)N3C[C@H]4C[C@@H](C3)c3ccc([N+](=O)[O-])c(=O)n3C4)C2=O)cc1. The molecule has 3 aliphatic rings. The number of nitrogens with zero attached hydrogens (tertiary/aromatic N) is 4. The molecule has 1 aromatic carbocycles. The molecule has 5 rings (SSSR count). The van der Waals surface area contributed by atoms with E-state index in [0.717, 1.165) is 11.3 Å². The Morgan fingerprint density at radius 2 is 1.86 bits per heavy atom. The quantitative estimate of drug-likeness (QED) is 0.364. The van der Waals surface area contributed by atoms with E-state index < -0.39 is 34.2 Å². The molecule has 2 aromatic rings. The third-order valence-electron chi connectivity index (χ3n) is 7.13. The van der Waals surface area contributed by atoms with Crippen molar-refractivity contribution in [2.24, 2.45) is 5.92 Å². The van der Waals surface area contributed by atoms with Crippen LogP contribution in [0, 0.1) is 16.0 Å². The van der Waals surface area contributed by atoms with Gasteiger partial charge in [-0.2, -0.15) is 0 Å². The monoisotopic (exact) mass is 495 g/mol. The van der Waals surface area contributed by atoms with E-state index in [1.165, 1.54) is 17.7 Å².